The molecule has 27 heavy (non-hydrogen) atoms. The number of nitrogens with two attached hydrogens (primary N) is 1. The van der Waals surface area contributed by atoms with E-state index >= 15 is 4.39 Å². The molecule has 7 heteroatoms. The van der Waals surface area contributed by atoms with Crippen molar-refractivity contribution in [3.8, 4) is 0 Å². The maximum atomic E-state index is 15.3. The molecular weight excluding hydrogens is 349 g/mol. The maximum Gasteiger partial charge on any atom is 0.362 e. The van der Waals surface area contributed by atoms with E-state index in [0.29, 0.717) is 23.2 Å². The fraction of sp³-hybridized carbons (Fsp3) is 0.250. The Bertz CT molecular complexity index is 948. The second kappa shape index (κ2) is 6.59. The van der Waals surface area contributed by atoms with Crippen molar-refractivity contribution in [3.63, 3.8) is 0 Å². The second-order valence-electron chi connectivity index (χ2n) is 6.95. The van der Waals surface area contributed by atoms with Gasteiger partial charge in [-0.25, -0.2) is 0 Å². The van der Waals surface area contributed by atoms with Gasteiger partial charge in [-0.05, 0) is 19.4 Å². The largest absolute Gasteiger partial charge is 0.417 e. The summed E-state index contributed by atoms with van der Waals surface area (Å²) in [5.74, 6) is -1.55. The fourth-order valence-corrected chi connectivity index (χ4v) is 3.70. The molecule has 2 unspecified atom stereocenters. The highest BCUT2D eigenvalue weighted by molar-refractivity contribution is 6.01. The molecule has 2 N–H and O–H groups in total. The number of amides is 1. The van der Waals surface area contributed by atoms with E-state index in [1.54, 1.807) is 25.1 Å². The van der Waals surface area contributed by atoms with Gasteiger partial charge in [0.05, 0.1) is 0 Å². The highest BCUT2D eigenvalue weighted by atomic mass is 19.1. The Balaban J connectivity index is 2.31. The Kier molecular flexibility index (Phi) is 4.57. The van der Waals surface area contributed by atoms with Crippen LogP contribution in [0.1, 0.15) is 36.2 Å². The fourth-order valence-electron chi connectivity index (χ4n) is 3.70. The zero-order valence-electron chi connectivity index (χ0n) is 15.4. The molecule has 0 saturated heterocycles. The molecule has 3 rings (SSSR count). The monoisotopic (exact) mass is 370 g/mol. The van der Waals surface area contributed by atoms with Crippen LogP contribution < -0.4 is 10.3 Å². The van der Waals surface area contributed by atoms with Crippen LogP contribution in [0.15, 0.2) is 59.3 Å². The molecule has 1 aliphatic carbocycles. The number of carbonyl (C=O) groups excluding carboxylic acids is 2. The summed E-state index contributed by atoms with van der Waals surface area (Å²) in [5, 5.41) is 4.39. The summed E-state index contributed by atoms with van der Waals surface area (Å²) < 4.78 is 19.5. The highest BCUT2D eigenvalue weighted by Gasteiger charge is 2.47. The van der Waals surface area contributed by atoms with Crippen LogP contribution in [0, 0.1) is 0 Å². The van der Waals surface area contributed by atoms with E-state index in [0.717, 1.165) is 0 Å². The number of hydrogen-bond acceptors (Lipinski definition) is 4. The maximum absolute atomic E-state index is 15.3. The average molecular weight is 370 g/mol. The molecule has 2 atom stereocenters. The van der Waals surface area contributed by atoms with Crippen LogP contribution in [0.3, 0.4) is 0 Å². The number of ether oxygens (including phenoxy) is 1. The van der Waals surface area contributed by atoms with Crippen molar-refractivity contribution < 1.29 is 18.7 Å². The lowest BCUT2D eigenvalue weighted by Gasteiger charge is -2.33. The minimum atomic E-state index is -0.735. The number of halogens is 1. The van der Waals surface area contributed by atoms with Gasteiger partial charge in [-0.15, -0.1) is 8.98 Å². The molecule has 1 amide bonds. The van der Waals surface area contributed by atoms with Crippen LogP contribution in [-0.4, -0.2) is 25.1 Å². The molecule has 0 aromatic heterocycles. The van der Waals surface area contributed by atoms with Gasteiger partial charge >= 0.3 is 5.95 Å². The SMILES string of the molecule is CC1=N[N+](C)(c2cccc(C(N)=O)c2C2(C)C=CC=CC2)C(F)=C1OC=O. The molecule has 1 aliphatic heterocycles. The van der Waals surface area contributed by atoms with Crippen LogP contribution in [0.5, 0.6) is 0 Å². The summed E-state index contributed by atoms with van der Waals surface area (Å²) in [6, 6.07) is 4.98. The molecule has 2 aliphatic rings. The minimum absolute atomic E-state index is 0.167. The van der Waals surface area contributed by atoms with Crippen LogP contribution >= 0.6 is 0 Å². The normalized spacial score (nSPS) is 26.9. The zero-order valence-corrected chi connectivity index (χ0v) is 15.4. The Morgan fingerprint density at radius 1 is 1.41 bits per heavy atom. The summed E-state index contributed by atoms with van der Waals surface area (Å²) in [5.41, 5.74) is 6.66. The van der Waals surface area contributed by atoms with E-state index in [4.69, 9.17) is 10.5 Å². The van der Waals surface area contributed by atoms with Crippen LogP contribution in [0.2, 0.25) is 0 Å². The van der Waals surface area contributed by atoms with Crippen molar-refractivity contribution in [2.24, 2.45) is 10.8 Å². The molecule has 1 aromatic rings. The molecule has 0 fully saturated rings. The lowest BCUT2D eigenvalue weighted by atomic mass is 9.74. The molecule has 0 spiro atoms. The van der Waals surface area contributed by atoms with Crippen LogP contribution in [-0.2, 0) is 14.9 Å². The lowest BCUT2D eigenvalue weighted by Crippen LogP contribution is -2.39. The first-order valence-electron chi connectivity index (χ1n) is 8.47. The summed E-state index contributed by atoms with van der Waals surface area (Å²) >= 11 is 0. The van der Waals surface area contributed by atoms with Gasteiger partial charge in [-0.1, -0.05) is 42.4 Å². The van der Waals surface area contributed by atoms with Gasteiger partial charge in [0.1, 0.15) is 12.8 Å². The number of primary amides is 1. The number of hydrogen-bond donors (Lipinski definition) is 1. The Morgan fingerprint density at radius 3 is 2.74 bits per heavy atom. The van der Waals surface area contributed by atoms with Crippen LogP contribution in [0.4, 0.5) is 10.1 Å². The lowest BCUT2D eigenvalue weighted by molar-refractivity contribution is -0.124. The quantitative estimate of drug-likeness (QED) is 0.491. The van der Waals surface area contributed by atoms with E-state index in [1.165, 1.54) is 7.05 Å². The van der Waals surface area contributed by atoms with Crippen molar-refractivity contribution in [3.05, 3.63) is 65.3 Å². The first-order valence-corrected chi connectivity index (χ1v) is 8.47. The smallest absolute Gasteiger partial charge is 0.362 e. The van der Waals surface area contributed by atoms with Gasteiger partial charge in [0.15, 0.2) is 5.69 Å². The number of quaternary nitrogens is 1. The zero-order chi connectivity index (χ0) is 19.8. The van der Waals surface area contributed by atoms with Gasteiger partial charge in [-0.2, -0.15) is 0 Å². The Hall–Kier alpha value is -3.06. The van der Waals surface area contributed by atoms with Gasteiger partial charge in [0.25, 0.3) is 12.2 Å². The van der Waals surface area contributed by atoms with E-state index < -0.39 is 21.9 Å². The van der Waals surface area contributed by atoms with Crippen molar-refractivity contribution >= 4 is 23.8 Å². The third-order valence-electron chi connectivity index (χ3n) is 5.02. The van der Waals surface area contributed by atoms with E-state index in [1.807, 2.05) is 31.2 Å². The van der Waals surface area contributed by atoms with E-state index in [2.05, 4.69) is 5.10 Å². The Morgan fingerprint density at radius 2 is 2.15 bits per heavy atom. The molecule has 1 heterocycles. The standard InChI is InChI=1S/C20H20FN3O3/c1-13-17(27-12-25)18(21)24(3,23-13)15-9-7-8-14(19(22)26)16(15)20(2)10-5-4-6-11-20/h4-10,12H,11H2,1-3H3,(H-,22,26)/p+1. The predicted octanol–water partition coefficient (Wildman–Crippen LogP) is 3.20. The van der Waals surface area contributed by atoms with Crippen LogP contribution in [0.25, 0.3) is 0 Å². The first kappa shape index (κ1) is 18.7. The van der Waals surface area contributed by atoms with Gasteiger partial charge in [0, 0.05) is 22.6 Å². The molecule has 0 radical (unpaired) electrons. The van der Waals surface area contributed by atoms with Crippen molar-refractivity contribution in [2.75, 3.05) is 7.05 Å². The van der Waals surface area contributed by atoms with E-state index in [-0.39, 0.29) is 17.9 Å². The predicted molar refractivity (Wildman–Crippen MR) is 101 cm³/mol. The number of carbonyl (C=O) groups is 2. The summed E-state index contributed by atoms with van der Waals surface area (Å²) in [7, 11) is 1.54. The first-order chi connectivity index (χ1) is 12.7. The second-order valence-corrected chi connectivity index (χ2v) is 6.95. The number of rotatable bonds is 5. The summed E-state index contributed by atoms with van der Waals surface area (Å²) in [4.78, 5) is 22.9. The van der Waals surface area contributed by atoms with Crippen molar-refractivity contribution in [2.45, 2.75) is 25.7 Å². The third-order valence-corrected chi connectivity index (χ3v) is 5.02. The van der Waals surface area contributed by atoms with Gasteiger partial charge < -0.3 is 10.5 Å². The minimum Gasteiger partial charge on any atom is -0.417 e. The Labute approximate surface area is 156 Å². The molecule has 0 bridgehead atoms. The topological polar surface area (TPSA) is 81.8 Å². The van der Waals surface area contributed by atoms with Gasteiger partial charge in [-0.3, -0.25) is 9.59 Å². The number of allylic oxidation sites excluding steroid dienone is 5. The molecular formula is C20H21FN3O3+. The molecule has 6 nitrogen and oxygen atoms in total. The summed E-state index contributed by atoms with van der Waals surface area (Å²) in [6.45, 7) is 3.69. The summed E-state index contributed by atoms with van der Waals surface area (Å²) in [6.07, 6.45) is 8.36. The molecule has 1 aromatic carbocycles. The average Bonchev–Trinajstić information content (AvgIpc) is 2.86. The number of nitrogens with zero attached hydrogens (tertiary/aromatic N) is 2. The van der Waals surface area contributed by atoms with Crippen molar-refractivity contribution in [1.82, 2.24) is 4.59 Å². The van der Waals surface area contributed by atoms with Crippen molar-refractivity contribution in [1.29, 1.82) is 0 Å². The third kappa shape index (κ3) is 2.90. The number of benzene rings is 1. The molecule has 0 saturated carbocycles. The van der Waals surface area contributed by atoms with E-state index in [9.17, 15) is 9.59 Å². The highest BCUT2D eigenvalue weighted by Crippen LogP contribution is 2.46. The van der Waals surface area contributed by atoms with Gasteiger partial charge in [0.2, 0.25) is 5.91 Å². The molecule has 140 valence electrons.